The van der Waals surface area contributed by atoms with E-state index in [0.717, 1.165) is 6.42 Å². The number of nitrogen functional groups attached to an aromatic ring is 1. The number of nitro benzene ring substituents is 1. The maximum atomic E-state index is 12.2. The Hall–Kier alpha value is -2.19. The molecule has 1 aromatic rings. The molecule has 0 radical (unpaired) electrons. The molecule has 1 aromatic carbocycles. The smallest absolute Gasteiger partial charge is 0.293 e. The molecule has 2 atom stereocenters. The van der Waals surface area contributed by atoms with Crippen LogP contribution in [-0.4, -0.2) is 30.1 Å². The van der Waals surface area contributed by atoms with Gasteiger partial charge in [-0.2, -0.15) is 0 Å². The summed E-state index contributed by atoms with van der Waals surface area (Å²) in [6.07, 6.45) is 0.914. The maximum Gasteiger partial charge on any atom is 0.293 e. The lowest BCUT2D eigenvalue weighted by Crippen LogP contribution is -2.38. The average molecular weight is 294 g/mol. The summed E-state index contributed by atoms with van der Waals surface area (Å²) in [4.78, 5) is 22.4. The fraction of sp³-hybridized carbons (Fsp3) is 0.462. The number of anilines is 1. The van der Waals surface area contributed by atoms with Gasteiger partial charge in [0.15, 0.2) is 0 Å². The molecule has 1 fully saturated rings. The van der Waals surface area contributed by atoms with Crippen LogP contribution in [0.15, 0.2) is 18.2 Å². The third-order valence-electron chi connectivity index (χ3n) is 3.64. The second-order valence-electron chi connectivity index (χ2n) is 5.02. The Morgan fingerprint density at radius 2 is 2.33 bits per heavy atom. The molecule has 1 saturated heterocycles. The Labute approximate surface area is 121 Å². The van der Waals surface area contributed by atoms with E-state index in [0.29, 0.717) is 24.7 Å². The minimum Gasteiger partial charge on any atom is -0.381 e. The monoisotopic (exact) mass is 294 g/mol. The number of nitrogens with zero attached hydrogens (tertiary/aromatic N) is 1. The predicted molar refractivity (Wildman–Crippen MR) is 76.8 cm³/mol. The topological polar surface area (TPSA) is 120 Å². The molecule has 21 heavy (non-hydrogen) atoms. The third-order valence-corrected chi connectivity index (χ3v) is 3.64. The van der Waals surface area contributed by atoms with Crippen molar-refractivity contribution in [3.8, 4) is 0 Å². The Balaban J connectivity index is 2.10. The van der Waals surface area contributed by atoms with Gasteiger partial charge in [-0.05, 0) is 25.5 Å². The molecule has 114 valence electrons. The van der Waals surface area contributed by atoms with Crippen LogP contribution in [0.3, 0.4) is 0 Å². The van der Waals surface area contributed by atoms with Crippen molar-refractivity contribution in [1.82, 2.24) is 5.32 Å². The molecule has 0 saturated carbocycles. The van der Waals surface area contributed by atoms with Crippen LogP contribution in [0.4, 0.5) is 11.4 Å². The van der Waals surface area contributed by atoms with Crippen LogP contribution in [0.5, 0.6) is 0 Å². The van der Waals surface area contributed by atoms with Crippen LogP contribution in [-0.2, 0) is 4.74 Å². The van der Waals surface area contributed by atoms with Crippen LogP contribution in [0, 0.1) is 16.0 Å². The molecule has 2 unspecified atom stereocenters. The highest BCUT2D eigenvalue weighted by Gasteiger charge is 2.24. The number of nitro groups is 1. The number of carbonyl (C=O) groups excluding carboxylic acids is 1. The fourth-order valence-corrected chi connectivity index (χ4v) is 2.31. The first kappa shape index (κ1) is 15.2. The normalized spacial score (nSPS) is 19.0. The van der Waals surface area contributed by atoms with Crippen molar-refractivity contribution in [1.29, 1.82) is 0 Å². The van der Waals surface area contributed by atoms with Crippen LogP contribution < -0.4 is 16.6 Å². The summed E-state index contributed by atoms with van der Waals surface area (Å²) in [7, 11) is 0. The fourth-order valence-electron chi connectivity index (χ4n) is 2.31. The van der Waals surface area contributed by atoms with Gasteiger partial charge in [0.25, 0.3) is 11.6 Å². The average Bonchev–Trinajstić information content (AvgIpc) is 3.00. The van der Waals surface area contributed by atoms with E-state index in [1.807, 2.05) is 6.92 Å². The van der Waals surface area contributed by atoms with Crippen LogP contribution in [0.2, 0.25) is 0 Å². The Morgan fingerprint density at radius 1 is 1.57 bits per heavy atom. The minimum atomic E-state index is -0.560. The van der Waals surface area contributed by atoms with Crippen molar-refractivity contribution >= 4 is 17.3 Å². The molecule has 1 heterocycles. The summed E-state index contributed by atoms with van der Waals surface area (Å²) >= 11 is 0. The minimum absolute atomic E-state index is 0.0236. The van der Waals surface area contributed by atoms with Gasteiger partial charge < -0.3 is 15.5 Å². The van der Waals surface area contributed by atoms with Gasteiger partial charge in [0.2, 0.25) is 0 Å². The van der Waals surface area contributed by atoms with E-state index in [9.17, 15) is 14.9 Å². The largest absolute Gasteiger partial charge is 0.381 e. The van der Waals surface area contributed by atoms with Gasteiger partial charge in [-0.3, -0.25) is 20.8 Å². The Morgan fingerprint density at radius 3 is 2.90 bits per heavy atom. The first-order chi connectivity index (χ1) is 10.0. The first-order valence-electron chi connectivity index (χ1n) is 6.66. The van der Waals surface area contributed by atoms with Crippen molar-refractivity contribution in [3.63, 3.8) is 0 Å². The Bertz CT molecular complexity index is 543. The molecular weight excluding hydrogens is 276 g/mol. The molecule has 1 aliphatic heterocycles. The number of carbonyl (C=O) groups is 1. The van der Waals surface area contributed by atoms with Crippen LogP contribution in [0.1, 0.15) is 23.7 Å². The number of hydrazine groups is 1. The molecule has 4 N–H and O–H groups in total. The highest BCUT2D eigenvalue weighted by atomic mass is 16.6. The second kappa shape index (κ2) is 6.51. The molecule has 0 aromatic heterocycles. The lowest BCUT2D eigenvalue weighted by Gasteiger charge is -2.19. The molecule has 1 amide bonds. The van der Waals surface area contributed by atoms with Crippen molar-refractivity contribution in [3.05, 3.63) is 33.9 Å². The summed E-state index contributed by atoms with van der Waals surface area (Å²) in [5, 5.41) is 13.7. The number of ether oxygens (including phenoxy) is 1. The lowest BCUT2D eigenvalue weighted by atomic mass is 10.0. The molecule has 8 heteroatoms. The van der Waals surface area contributed by atoms with E-state index >= 15 is 0 Å². The van der Waals surface area contributed by atoms with Crippen molar-refractivity contribution in [2.75, 3.05) is 18.6 Å². The number of nitrogens with two attached hydrogens (primary N) is 1. The molecule has 2 rings (SSSR count). The molecule has 8 nitrogen and oxygen atoms in total. The molecule has 0 aliphatic carbocycles. The van der Waals surface area contributed by atoms with Gasteiger partial charge >= 0.3 is 0 Å². The third kappa shape index (κ3) is 3.47. The van der Waals surface area contributed by atoms with Crippen molar-refractivity contribution in [2.24, 2.45) is 11.8 Å². The van der Waals surface area contributed by atoms with E-state index in [4.69, 9.17) is 10.6 Å². The highest BCUT2D eigenvalue weighted by molar-refractivity contribution is 5.96. The summed E-state index contributed by atoms with van der Waals surface area (Å²) in [5.74, 6) is 5.26. The van der Waals surface area contributed by atoms with Crippen molar-refractivity contribution in [2.45, 2.75) is 19.4 Å². The zero-order chi connectivity index (χ0) is 15.4. The van der Waals surface area contributed by atoms with E-state index < -0.39 is 4.92 Å². The first-order valence-corrected chi connectivity index (χ1v) is 6.66. The number of hydrogen-bond acceptors (Lipinski definition) is 6. The zero-order valence-corrected chi connectivity index (χ0v) is 11.7. The number of benzene rings is 1. The van der Waals surface area contributed by atoms with Crippen LogP contribution >= 0.6 is 0 Å². The van der Waals surface area contributed by atoms with E-state index in [1.165, 1.54) is 18.2 Å². The SMILES string of the molecule is CC(NC(=O)c1ccc([N+](=O)[O-])c(NN)c1)C1CCOC1. The second-order valence-corrected chi connectivity index (χ2v) is 5.02. The van der Waals surface area contributed by atoms with Gasteiger partial charge in [-0.1, -0.05) is 0 Å². The lowest BCUT2D eigenvalue weighted by molar-refractivity contribution is -0.384. The number of hydrogen-bond donors (Lipinski definition) is 3. The van der Waals surface area contributed by atoms with E-state index in [1.54, 1.807) is 0 Å². The summed E-state index contributed by atoms with van der Waals surface area (Å²) in [6.45, 7) is 3.27. The molecule has 1 aliphatic rings. The molecule has 0 bridgehead atoms. The van der Waals surface area contributed by atoms with Crippen LogP contribution in [0.25, 0.3) is 0 Å². The van der Waals surface area contributed by atoms with E-state index in [-0.39, 0.29) is 23.3 Å². The number of nitrogens with one attached hydrogen (secondary N) is 2. The highest BCUT2D eigenvalue weighted by Crippen LogP contribution is 2.24. The van der Waals surface area contributed by atoms with Gasteiger partial charge in [0.05, 0.1) is 11.5 Å². The maximum absolute atomic E-state index is 12.2. The summed E-state index contributed by atoms with van der Waals surface area (Å²) in [5.41, 5.74) is 2.48. The van der Waals surface area contributed by atoms with Gasteiger partial charge in [0.1, 0.15) is 5.69 Å². The zero-order valence-electron chi connectivity index (χ0n) is 11.7. The summed E-state index contributed by atoms with van der Waals surface area (Å²) in [6, 6.07) is 4.01. The Kier molecular flexibility index (Phi) is 4.71. The number of rotatable bonds is 5. The summed E-state index contributed by atoms with van der Waals surface area (Å²) < 4.78 is 5.29. The quantitative estimate of drug-likeness (QED) is 0.424. The van der Waals surface area contributed by atoms with Gasteiger partial charge in [-0.25, -0.2) is 0 Å². The van der Waals surface area contributed by atoms with Gasteiger partial charge in [0, 0.05) is 30.2 Å². The number of amides is 1. The standard InChI is InChI=1S/C13H18N4O4/c1-8(10-4-5-21-7-10)15-13(18)9-2-3-12(17(19)20)11(6-9)16-14/h2-3,6,8,10,16H,4-5,7,14H2,1H3,(H,15,18). The molecular formula is C13H18N4O4. The van der Waals surface area contributed by atoms with Crippen molar-refractivity contribution < 1.29 is 14.5 Å². The predicted octanol–water partition coefficient (Wildman–Crippen LogP) is 1.04. The van der Waals surface area contributed by atoms with Gasteiger partial charge in [-0.15, -0.1) is 0 Å². The van der Waals surface area contributed by atoms with E-state index in [2.05, 4.69) is 10.7 Å². The molecule has 0 spiro atoms.